The van der Waals surface area contributed by atoms with Crippen LogP contribution in [0, 0.1) is 5.41 Å². The Labute approximate surface area is 126 Å². The monoisotopic (exact) mass is 343 g/mol. The number of aromatic hydroxyl groups is 1. The van der Waals surface area contributed by atoms with Crippen molar-refractivity contribution < 1.29 is 14.6 Å². The first kappa shape index (κ1) is 16.3. The molecule has 1 rings (SSSR count). The molecule has 0 saturated carbocycles. The number of nitrogens with two attached hydrogens (primary N) is 1. The first-order valence-electron chi connectivity index (χ1n) is 5.92. The van der Waals surface area contributed by atoms with Gasteiger partial charge in [0.25, 0.3) is 0 Å². The Kier molecular flexibility index (Phi) is 4.99. The zero-order valence-electron chi connectivity index (χ0n) is 11.6. The van der Waals surface area contributed by atoms with E-state index >= 15 is 0 Å². The first-order valence-corrected chi connectivity index (χ1v) is 6.71. The number of nitrogens with zero attached hydrogens (tertiary/aromatic N) is 1. The van der Waals surface area contributed by atoms with Gasteiger partial charge >= 0.3 is 6.09 Å². The average molecular weight is 344 g/mol. The van der Waals surface area contributed by atoms with Crippen molar-refractivity contribution in [3.63, 3.8) is 0 Å². The highest BCUT2D eigenvalue weighted by Gasteiger charge is 2.24. The van der Waals surface area contributed by atoms with Crippen LogP contribution in [0.5, 0.6) is 5.75 Å². The number of halogens is 1. The third-order valence-corrected chi connectivity index (χ3v) is 2.89. The molecule has 0 atom stereocenters. The SMILES string of the molecule is CC(C)(C)OC(=O)N(Cc1ccc(O)c(Br)c1)C(=N)N. The number of phenolic OH excluding ortho intramolecular Hbond substituents is 1. The second-order valence-corrected chi connectivity index (χ2v) is 6.09. The second-order valence-electron chi connectivity index (χ2n) is 5.24. The van der Waals surface area contributed by atoms with Gasteiger partial charge in [0, 0.05) is 0 Å². The summed E-state index contributed by atoms with van der Waals surface area (Å²) in [6.45, 7) is 5.30. The van der Waals surface area contributed by atoms with Crippen molar-refractivity contribution in [1.82, 2.24) is 4.90 Å². The van der Waals surface area contributed by atoms with E-state index in [0.29, 0.717) is 10.0 Å². The third kappa shape index (κ3) is 4.73. The van der Waals surface area contributed by atoms with Gasteiger partial charge in [0.1, 0.15) is 11.4 Å². The fourth-order valence-corrected chi connectivity index (χ4v) is 1.82. The summed E-state index contributed by atoms with van der Waals surface area (Å²) < 4.78 is 5.69. The van der Waals surface area contributed by atoms with Crippen LogP contribution < -0.4 is 5.73 Å². The molecule has 0 fully saturated rings. The van der Waals surface area contributed by atoms with Crippen LogP contribution in [-0.4, -0.2) is 27.7 Å². The maximum atomic E-state index is 12.0. The highest BCUT2D eigenvalue weighted by atomic mass is 79.9. The molecule has 0 aliphatic rings. The van der Waals surface area contributed by atoms with Crippen LogP contribution >= 0.6 is 15.9 Å². The molecule has 4 N–H and O–H groups in total. The zero-order chi connectivity index (χ0) is 15.5. The van der Waals surface area contributed by atoms with E-state index in [1.807, 2.05) is 0 Å². The standard InChI is InChI=1S/C13H18BrN3O3/c1-13(2,3)20-12(19)17(11(15)16)7-8-4-5-10(18)9(14)6-8/h4-6,18H,7H2,1-3H3,(H3,15,16). The summed E-state index contributed by atoms with van der Waals surface area (Å²) in [5.74, 6) is -0.302. The normalized spacial score (nSPS) is 11.0. The lowest BCUT2D eigenvalue weighted by Crippen LogP contribution is -2.43. The Morgan fingerprint density at radius 1 is 1.50 bits per heavy atom. The van der Waals surface area contributed by atoms with Gasteiger partial charge in [-0.05, 0) is 54.4 Å². The molecular weight excluding hydrogens is 326 g/mol. The molecule has 0 saturated heterocycles. The van der Waals surface area contributed by atoms with Crippen LogP contribution in [0.3, 0.4) is 0 Å². The minimum absolute atomic E-state index is 0.0864. The van der Waals surface area contributed by atoms with Gasteiger partial charge in [0.05, 0.1) is 11.0 Å². The van der Waals surface area contributed by atoms with E-state index in [4.69, 9.17) is 15.9 Å². The number of hydrogen-bond donors (Lipinski definition) is 3. The number of rotatable bonds is 2. The van der Waals surface area contributed by atoms with Crippen molar-refractivity contribution in [3.8, 4) is 5.75 Å². The minimum atomic E-state index is -0.686. The fourth-order valence-electron chi connectivity index (χ4n) is 1.40. The average Bonchev–Trinajstić information content (AvgIpc) is 2.27. The molecule has 20 heavy (non-hydrogen) atoms. The van der Waals surface area contributed by atoms with E-state index < -0.39 is 17.7 Å². The quantitative estimate of drug-likeness (QED) is 0.567. The van der Waals surface area contributed by atoms with E-state index in [1.165, 1.54) is 6.07 Å². The van der Waals surface area contributed by atoms with Crippen molar-refractivity contribution >= 4 is 28.0 Å². The van der Waals surface area contributed by atoms with Gasteiger partial charge in [0.15, 0.2) is 5.96 Å². The van der Waals surface area contributed by atoms with Gasteiger partial charge in [-0.2, -0.15) is 0 Å². The molecule has 1 amide bonds. The Morgan fingerprint density at radius 3 is 2.55 bits per heavy atom. The van der Waals surface area contributed by atoms with Crippen molar-refractivity contribution in [1.29, 1.82) is 5.41 Å². The summed E-state index contributed by atoms with van der Waals surface area (Å²) >= 11 is 3.19. The molecule has 0 radical (unpaired) electrons. The van der Waals surface area contributed by atoms with Crippen LogP contribution in [-0.2, 0) is 11.3 Å². The summed E-state index contributed by atoms with van der Waals surface area (Å²) in [6, 6.07) is 4.78. The largest absolute Gasteiger partial charge is 0.507 e. The Hall–Kier alpha value is -1.76. The summed E-state index contributed by atoms with van der Waals surface area (Å²) in [4.78, 5) is 13.0. The Bertz CT molecular complexity index is 526. The third-order valence-electron chi connectivity index (χ3n) is 2.26. The topological polar surface area (TPSA) is 99.6 Å². The number of guanidine groups is 1. The molecule has 0 heterocycles. The van der Waals surface area contributed by atoms with E-state index in [2.05, 4.69) is 15.9 Å². The van der Waals surface area contributed by atoms with Crippen molar-refractivity contribution in [3.05, 3.63) is 28.2 Å². The molecule has 0 unspecified atom stereocenters. The Balaban J connectivity index is 2.90. The highest BCUT2D eigenvalue weighted by molar-refractivity contribution is 9.10. The second kappa shape index (κ2) is 6.13. The predicted molar refractivity (Wildman–Crippen MR) is 79.5 cm³/mol. The van der Waals surface area contributed by atoms with E-state index in [-0.39, 0.29) is 12.3 Å². The Morgan fingerprint density at radius 2 is 2.10 bits per heavy atom. The molecule has 1 aromatic carbocycles. The van der Waals surface area contributed by atoms with Crippen LogP contribution in [0.1, 0.15) is 26.3 Å². The molecule has 0 bridgehead atoms. The maximum absolute atomic E-state index is 12.0. The summed E-state index contributed by atoms with van der Waals surface area (Å²) in [5, 5.41) is 16.9. The molecule has 0 aliphatic carbocycles. The number of phenols is 1. The van der Waals surface area contributed by atoms with Gasteiger partial charge in [0.2, 0.25) is 0 Å². The van der Waals surface area contributed by atoms with Crippen molar-refractivity contribution in [2.45, 2.75) is 32.9 Å². The summed E-state index contributed by atoms with van der Waals surface area (Å²) in [5.41, 5.74) is 5.46. The molecule has 0 aromatic heterocycles. The van der Waals surface area contributed by atoms with Gasteiger partial charge < -0.3 is 15.6 Å². The van der Waals surface area contributed by atoms with Crippen molar-refractivity contribution in [2.75, 3.05) is 0 Å². The maximum Gasteiger partial charge on any atom is 0.417 e. The molecule has 1 aromatic rings. The first-order chi connectivity index (χ1) is 9.10. The van der Waals surface area contributed by atoms with Gasteiger partial charge in [-0.25, -0.2) is 9.69 Å². The lowest BCUT2D eigenvalue weighted by atomic mass is 10.2. The molecule has 0 spiro atoms. The summed E-state index contributed by atoms with van der Waals surface area (Å²) in [7, 11) is 0. The van der Waals surface area contributed by atoms with Crippen LogP contribution in [0.2, 0.25) is 0 Å². The van der Waals surface area contributed by atoms with E-state index in [0.717, 1.165) is 4.90 Å². The number of benzene rings is 1. The van der Waals surface area contributed by atoms with Crippen LogP contribution in [0.25, 0.3) is 0 Å². The molecule has 6 nitrogen and oxygen atoms in total. The number of carbonyl (C=O) groups is 1. The number of carbonyl (C=O) groups excluding carboxylic acids is 1. The molecule has 7 heteroatoms. The van der Waals surface area contributed by atoms with E-state index in [1.54, 1.807) is 32.9 Å². The fraction of sp³-hybridized carbons (Fsp3) is 0.385. The number of ether oxygens (including phenoxy) is 1. The smallest absolute Gasteiger partial charge is 0.417 e. The van der Waals surface area contributed by atoms with Crippen LogP contribution in [0.4, 0.5) is 4.79 Å². The van der Waals surface area contributed by atoms with Gasteiger partial charge in [-0.15, -0.1) is 0 Å². The number of hydrogen-bond acceptors (Lipinski definition) is 4. The summed E-state index contributed by atoms with van der Waals surface area (Å²) in [6.07, 6.45) is -0.686. The molecule has 0 aliphatic heterocycles. The zero-order valence-corrected chi connectivity index (χ0v) is 13.2. The highest BCUT2D eigenvalue weighted by Crippen LogP contribution is 2.25. The predicted octanol–water partition coefficient (Wildman–Crippen LogP) is 2.79. The van der Waals surface area contributed by atoms with E-state index in [9.17, 15) is 9.90 Å². The number of amides is 1. The van der Waals surface area contributed by atoms with Gasteiger partial charge in [-0.3, -0.25) is 5.41 Å². The van der Waals surface area contributed by atoms with Crippen molar-refractivity contribution in [2.24, 2.45) is 5.73 Å². The molecule has 110 valence electrons. The lowest BCUT2D eigenvalue weighted by molar-refractivity contribution is 0.0356. The molecular formula is C13H18BrN3O3. The van der Waals surface area contributed by atoms with Gasteiger partial charge in [-0.1, -0.05) is 6.07 Å². The number of nitrogens with one attached hydrogen (secondary N) is 1. The van der Waals surface area contributed by atoms with Crippen LogP contribution in [0.15, 0.2) is 22.7 Å². The lowest BCUT2D eigenvalue weighted by Gasteiger charge is -2.26. The minimum Gasteiger partial charge on any atom is -0.507 e.